The highest BCUT2D eigenvalue weighted by molar-refractivity contribution is 6.33. The van der Waals surface area contributed by atoms with Gasteiger partial charge in [-0.15, -0.1) is 0 Å². The molecular weight excluding hydrogens is 216 g/mol. The Morgan fingerprint density at radius 1 is 1.60 bits per heavy atom. The number of pyridine rings is 1. The summed E-state index contributed by atoms with van der Waals surface area (Å²) in [6.45, 7) is 4.86. The number of carboxylic acid groups (broad SMARTS) is 1. The Labute approximate surface area is 93.3 Å². The van der Waals surface area contributed by atoms with E-state index in [4.69, 9.17) is 16.7 Å². The second-order valence-corrected chi connectivity index (χ2v) is 4.01. The van der Waals surface area contributed by atoms with Gasteiger partial charge in [0.15, 0.2) is 5.69 Å². The molecule has 0 aliphatic rings. The van der Waals surface area contributed by atoms with Gasteiger partial charge in [0.05, 0.1) is 5.02 Å². The van der Waals surface area contributed by atoms with Crippen LogP contribution < -0.4 is 5.32 Å². The van der Waals surface area contributed by atoms with Crippen molar-refractivity contribution in [1.82, 2.24) is 4.98 Å². The molecule has 0 spiro atoms. The molecule has 1 rings (SSSR count). The Morgan fingerprint density at radius 2 is 2.27 bits per heavy atom. The molecule has 4 nitrogen and oxygen atoms in total. The largest absolute Gasteiger partial charge is 0.476 e. The number of nitrogens with one attached hydrogen (secondary N) is 1. The van der Waals surface area contributed by atoms with Crippen LogP contribution >= 0.6 is 11.6 Å². The summed E-state index contributed by atoms with van der Waals surface area (Å²) < 4.78 is 0. The molecule has 0 aliphatic heterocycles. The van der Waals surface area contributed by atoms with Crippen LogP contribution in [0.2, 0.25) is 5.02 Å². The van der Waals surface area contributed by atoms with Gasteiger partial charge < -0.3 is 10.4 Å². The van der Waals surface area contributed by atoms with Gasteiger partial charge in [-0.2, -0.15) is 0 Å². The van der Waals surface area contributed by atoms with E-state index in [0.29, 0.717) is 11.7 Å². The standard InChI is InChI=1S/C10H13ClN2O2/c1-6(2)5-12-8-4-3-7(11)9(13-8)10(14)15/h3-4,6H,5H2,1-2H3,(H,12,13)(H,14,15). The van der Waals surface area contributed by atoms with Gasteiger partial charge in [0, 0.05) is 6.54 Å². The molecule has 0 amide bonds. The molecule has 0 aliphatic carbocycles. The van der Waals surface area contributed by atoms with Crippen molar-refractivity contribution in [3.05, 3.63) is 22.8 Å². The van der Waals surface area contributed by atoms with Gasteiger partial charge in [0.25, 0.3) is 0 Å². The topological polar surface area (TPSA) is 62.2 Å². The monoisotopic (exact) mass is 228 g/mol. The lowest BCUT2D eigenvalue weighted by atomic mass is 10.2. The summed E-state index contributed by atoms with van der Waals surface area (Å²) in [7, 11) is 0. The van der Waals surface area contributed by atoms with Crippen LogP contribution in [0, 0.1) is 5.92 Å². The second-order valence-electron chi connectivity index (χ2n) is 3.61. The van der Waals surface area contributed by atoms with E-state index in [-0.39, 0.29) is 10.7 Å². The lowest BCUT2D eigenvalue weighted by Crippen LogP contribution is -2.11. The van der Waals surface area contributed by atoms with Crippen LogP contribution in [-0.4, -0.2) is 22.6 Å². The van der Waals surface area contributed by atoms with E-state index < -0.39 is 5.97 Å². The van der Waals surface area contributed by atoms with Gasteiger partial charge in [-0.3, -0.25) is 0 Å². The molecule has 0 atom stereocenters. The summed E-state index contributed by atoms with van der Waals surface area (Å²) in [6.07, 6.45) is 0. The zero-order valence-electron chi connectivity index (χ0n) is 8.62. The van der Waals surface area contributed by atoms with Crippen LogP contribution in [0.1, 0.15) is 24.3 Å². The first-order valence-electron chi connectivity index (χ1n) is 4.64. The van der Waals surface area contributed by atoms with Crippen molar-refractivity contribution in [2.24, 2.45) is 5.92 Å². The fraction of sp³-hybridized carbons (Fsp3) is 0.400. The molecule has 0 fully saturated rings. The number of hydrogen-bond acceptors (Lipinski definition) is 3. The van der Waals surface area contributed by atoms with E-state index in [0.717, 1.165) is 6.54 Å². The van der Waals surface area contributed by atoms with E-state index >= 15 is 0 Å². The van der Waals surface area contributed by atoms with Gasteiger partial charge in [-0.25, -0.2) is 9.78 Å². The molecular formula is C10H13ClN2O2. The Morgan fingerprint density at radius 3 is 2.80 bits per heavy atom. The van der Waals surface area contributed by atoms with E-state index in [1.165, 1.54) is 6.07 Å². The maximum atomic E-state index is 10.7. The highest BCUT2D eigenvalue weighted by Crippen LogP contribution is 2.16. The lowest BCUT2D eigenvalue weighted by molar-refractivity contribution is 0.0691. The van der Waals surface area contributed by atoms with Crippen molar-refractivity contribution < 1.29 is 9.90 Å². The fourth-order valence-corrected chi connectivity index (χ4v) is 1.19. The number of rotatable bonds is 4. The summed E-state index contributed by atoms with van der Waals surface area (Å²) in [4.78, 5) is 14.6. The number of carbonyl (C=O) groups is 1. The van der Waals surface area contributed by atoms with Crippen LogP contribution in [0.25, 0.3) is 0 Å². The zero-order valence-corrected chi connectivity index (χ0v) is 9.38. The second kappa shape index (κ2) is 4.98. The molecule has 0 radical (unpaired) electrons. The predicted octanol–water partition coefficient (Wildman–Crippen LogP) is 2.50. The summed E-state index contributed by atoms with van der Waals surface area (Å²) >= 11 is 5.68. The first-order chi connectivity index (χ1) is 7.00. The summed E-state index contributed by atoms with van der Waals surface area (Å²) in [5.74, 6) is -0.116. The summed E-state index contributed by atoms with van der Waals surface area (Å²) in [5, 5.41) is 12.0. The number of halogens is 1. The van der Waals surface area contributed by atoms with Crippen molar-refractivity contribution >= 4 is 23.4 Å². The lowest BCUT2D eigenvalue weighted by Gasteiger charge is -2.08. The van der Waals surface area contributed by atoms with Crippen molar-refractivity contribution in [3.63, 3.8) is 0 Å². The van der Waals surface area contributed by atoms with Crippen molar-refractivity contribution in [3.8, 4) is 0 Å². The van der Waals surface area contributed by atoms with E-state index in [1.54, 1.807) is 6.07 Å². The molecule has 0 saturated carbocycles. The van der Waals surface area contributed by atoms with Gasteiger partial charge >= 0.3 is 5.97 Å². The van der Waals surface area contributed by atoms with Crippen LogP contribution in [-0.2, 0) is 0 Å². The third-order valence-corrected chi connectivity index (χ3v) is 2.05. The minimum absolute atomic E-state index is 0.120. The normalized spacial score (nSPS) is 10.4. The van der Waals surface area contributed by atoms with E-state index in [9.17, 15) is 4.79 Å². The molecule has 82 valence electrons. The number of carboxylic acids is 1. The number of aromatic carboxylic acids is 1. The highest BCUT2D eigenvalue weighted by Gasteiger charge is 2.11. The molecule has 0 aromatic carbocycles. The first kappa shape index (κ1) is 11.8. The van der Waals surface area contributed by atoms with Gasteiger partial charge in [-0.05, 0) is 18.1 Å². The highest BCUT2D eigenvalue weighted by atomic mass is 35.5. The maximum Gasteiger partial charge on any atom is 0.356 e. The Bertz CT molecular complexity index is 366. The summed E-state index contributed by atoms with van der Waals surface area (Å²) in [6, 6.07) is 3.19. The molecule has 0 unspecified atom stereocenters. The average Bonchev–Trinajstić information content (AvgIpc) is 2.16. The average molecular weight is 229 g/mol. The van der Waals surface area contributed by atoms with Crippen LogP contribution in [0.15, 0.2) is 12.1 Å². The van der Waals surface area contributed by atoms with Crippen LogP contribution in [0.5, 0.6) is 0 Å². The Kier molecular flexibility index (Phi) is 3.91. The van der Waals surface area contributed by atoms with Crippen molar-refractivity contribution in [1.29, 1.82) is 0 Å². The molecule has 0 saturated heterocycles. The fourth-order valence-electron chi connectivity index (χ4n) is 0.999. The van der Waals surface area contributed by atoms with Crippen LogP contribution in [0.4, 0.5) is 5.82 Å². The minimum atomic E-state index is -1.12. The number of hydrogen-bond donors (Lipinski definition) is 2. The summed E-state index contributed by atoms with van der Waals surface area (Å²) in [5.41, 5.74) is -0.120. The van der Waals surface area contributed by atoms with Crippen molar-refractivity contribution in [2.75, 3.05) is 11.9 Å². The smallest absolute Gasteiger partial charge is 0.356 e. The molecule has 1 heterocycles. The Hall–Kier alpha value is -1.29. The van der Waals surface area contributed by atoms with Gasteiger partial charge in [0.2, 0.25) is 0 Å². The predicted molar refractivity (Wildman–Crippen MR) is 59.5 cm³/mol. The SMILES string of the molecule is CC(C)CNc1ccc(Cl)c(C(=O)O)n1. The molecule has 1 aromatic heterocycles. The number of nitrogens with zero attached hydrogens (tertiary/aromatic N) is 1. The molecule has 1 aromatic rings. The third kappa shape index (κ3) is 3.40. The zero-order chi connectivity index (χ0) is 11.4. The molecule has 5 heteroatoms. The Balaban J connectivity index is 2.83. The number of anilines is 1. The van der Waals surface area contributed by atoms with Crippen LogP contribution in [0.3, 0.4) is 0 Å². The number of aromatic nitrogens is 1. The first-order valence-corrected chi connectivity index (χ1v) is 5.02. The third-order valence-electron chi connectivity index (χ3n) is 1.74. The molecule has 2 N–H and O–H groups in total. The minimum Gasteiger partial charge on any atom is -0.476 e. The van der Waals surface area contributed by atoms with Crippen molar-refractivity contribution in [2.45, 2.75) is 13.8 Å². The van der Waals surface area contributed by atoms with Gasteiger partial charge in [-0.1, -0.05) is 25.4 Å². The molecule has 15 heavy (non-hydrogen) atoms. The van der Waals surface area contributed by atoms with E-state index in [1.807, 2.05) is 0 Å². The maximum absolute atomic E-state index is 10.7. The van der Waals surface area contributed by atoms with E-state index in [2.05, 4.69) is 24.1 Å². The van der Waals surface area contributed by atoms with Gasteiger partial charge in [0.1, 0.15) is 5.82 Å². The quantitative estimate of drug-likeness (QED) is 0.831. The molecule has 0 bridgehead atoms.